The number of nitrogens with one attached hydrogen (secondary N) is 1. The van der Waals surface area contributed by atoms with Crippen molar-refractivity contribution in [2.75, 3.05) is 11.9 Å². The van der Waals surface area contributed by atoms with Crippen molar-refractivity contribution in [2.24, 2.45) is 0 Å². The van der Waals surface area contributed by atoms with E-state index in [0.717, 1.165) is 34.8 Å². The first-order valence-corrected chi connectivity index (χ1v) is 5.42. The number of nitrogens with zero attached hydrogens (tertiary/aromatic N) is 4. The van der Waals surface area contributed by atoms with Crippen molar-refractivity contribution in [2.45, 2.75) is 6.54 Å². The lowest BCUT2D eigenvalue weighted by Crippen LogP contribution is -1.97. The lowest BCUT2D eigenvalue weighted by atomic mass is 10.3. The quantitative estimate of drug-likeness (QED) is 0.850. The van der Waals surface area contributed by atoms with E-state index in [-0.39, 0.29) is 0 Å². The van der Waals surface area contributed by atoms with Gasteiger partial charge < -0.3 is 5.32 Å². The fourth-order valence-corrected chi connectivity index (χ4v) is 2.27. The highest BCUT2D eigenvalue weighted by Crippen LogP contribution is 2.34. The van der Waals surface area contributed by atoms with E-state index in [4.69, 9.17) is 0 Å². The van der Waals surface area contributed by atoms with Gasteiger partial charge in [0.25, 0.3) is 0 Å². The van der Waals surface area contributed by atoms with E-state index >= 15 is 0 Å². The van der Waals surface area contributed by atoms with Crippen LogP contribution in [-0.4, -0.2) is 26.3 Å². The Morgan fingerprint density at radius 2 is 2.40 bits per heavy atom. The van der Waals surface area contributed by atoms with Crippen molar-refractivity contribution in [3.8, 4) is 11.4 Å². The van der Waals surface area contributed by atoms with Crippen LogP contribution < -0.4 is 5.32 Å². The van der Waals surface area contributed by atoms with Crippen LogP contribution in [0.4, 0.5) is 5.82 Å². The lowest BCUT2D eigenvalue weighted by molar-refractivity contribution is 0.698. The number of fused-ring (bicyclic) bond motifs is 1. The van der Waals surface area contributed by atoms with E-state index in [0.29, 0.717) is 0 Å². The fraction of sp³-hybridized carbons (Fsp3) is 0.222. The zero-order valence-electron chi connectivity index (χ0n) is 7.81. The topological polar surface area (TPSA) is 55.6 Å². The minimum atomic E-state index is 0.834. The van der Waals surface area contributed by atoms with E-state index in [2.05, 4.69) is 36.3 Å². The third-order valence-electron chi connectivity index (χ3n) is 2.34. The molecule has 3 heterocycles. The summed E-state index contributed by atoms with van der Waals surface area (Å²) in [6, 6.07) is 1.85. The number of hydrogen-bond donors (Lipinski definition) is 1. The maximum absolute atomic E-state index is 4.48. The van der Waals surface area contributed by atoms with Crippen molar-refractivity contribution in [3.05, 3.63) is 23.1 Å². The predicted molar refractivity (Wildman–Crippen MR) is 59.4 cm³/mol. The standard InChI is InChI=1S/C9H8BrN5/c10-7-8(6-1-2-11-5-13-6)14-15-4-3-12-9(7)15/h1-2,5,12H,3-4H2. The smallest absolute Gasteiger partial charge is 0.139 e. The summed E-state index contributed by atoms with van der Waals surface area (Å²) in [6.45, 7) is 1.84. The Kier molecular flexibility index (Phi) is 1.95. The molecule has 2 aromatic heterocycles. The molecule has 0 fully saturated rings. The molecule has 1 aliphatic heterocycles. The van der Waals surface area contributed by atoms with E-state index < -0.39 is 0 Å². The van der Waals surface area contributed by atoms with Crippen molar-refractivity contribution >= 4 is 21.7 Å². The molecule has 0 amide bonds. The first kappa shape index (κ1) is 8.84. The molecule has 0 atom stereocenters. The predicted octanol–water partition coefficient (Wildman–Crippen LogP) is 1.53. The highest BCUT2D eigenvalue weighted by molar-refractivity contribution is 9.10. The molecule has 0 saturated carbocycles. The average molecular weight is 266 g/mol. The summed E-state index contributed by atoms with van der Waals surface area (Å²) in [5.74, 6) is 1.03. The Bertz CT molecular complexity index is 493. The zero-order chi connectivity index (χ0) is 10.3. The monoisotopic (exact) mass is 265 g/mol. The van der Waals surface area contributed by atoms with Crippen molar-refractivity contribution in [1.82, 2.24) is 19.7 Å². The van der Waals surface area contributed by atoms with Gasteiger partial charge in [-0.2, -0.15) is 5.10 Å². The van der Waals surface area contributed by atoms with Crippen molar-refractivity contribution < 1.29 is 0 Å². The van der Waals surface area contributed by atoms with Crippen LogP contribution in [0.5, 0.6) is 0 Å². The molecule has 1 N–H and O–H groups in total. The van der Waals surface area contributed by atoms with Gasteiger partial charge in [-0.1, -0.05) is 0 Å². The molecule has 0 aromatic carbocycles. The van der Waals surface area contributed by atoms with Gasteiger partial charge in [-0.05, 0) is 22.0 Å². The molecule has 5 nitrogen and oxygen atoms in total. The number of halogens is 1. The second-order valence-corrected chi connectivity index (χ2v) is 4.05. The second kappa shape index (κ2) is 3.30. The van der Waals surface area contributed by atoms with Crippen LogP contribution in [0.25, 0.3) is 11.4 Å². The Balaban J connectivity index is 2.14. The number of hydrogen-bond acceptors (Lipinski definition) is 4. The van der Waals surface area contributed by atoms with Gasteiger partial charge in [-0.15, -0.1) is 0 Å². The van der Waals surface area contributed by atoms with Crippen molar-refractivity contribution in [3.63, 3.8) is 0 Å². The molecular weight excluding hydrogens is 258 g/mol. The van der Waals surface area contributed by atoms with Gasteiger partial charge in [-0.25, -0.2) is 14.6 Å². The van der Waals surface area contributed by atoms with Gasteiger partial charge in [0.15, 0.2) is 0 Å². The Hall–Kier alpha value is -1.43. The minimum absolute atomic E-state index is 0.834. The summed E-state index contributed by atoms with van der Waals surface area (Å²) >= 11 is 3.53. The third kappa shape index (κ3) is 1.32. The highest BCUT2D eigenvalue weighted by atomic mass is 79.9. The van der Waals surface area contributed by atoms with Crippen molar-refractivity contribution in [1.29, 1.82) is 0 Å². The summed E-state index contributed by atoms with van der Waals surface area (Å²) in [4.78, 5) is 8.07. The van der Waals surface area contributed by atoms with E-state index in [1.54, 1.807) is 6.20 Å². The van der Waals surface area contributed by atoms with Crippen LogP contribution in [0.1, 0.15) is 0 Å². The molecule has 0 spiro atoms. The maximum atomic E-state index is 4.48. The molecule has 1 aliphatic rings. The molecule has 2 aromatic rings. The summed E-state index contributed by atoms with van der Waals surface area (Å²) in [5, 5.41) is 7.75. The minimum Gasteiger partial charge on any atom is -0.367 e. The number of rotatable bonds is 1. The van der Waals surface area contributed by atoms with Gasteiger partial charge in [0.1, 0.15) is 17.8 Å². The maximum Gasteiger partial charge on any atom is 0.139 e. The van der Waals surface area contributed by atoms with Gasteiger partial charge >= 0.3 is 0 Å². The summed E-state index contributed by atoms with van der Waals surface area (Å²) in [5.41, 5.74) is 1.69. The molecule has 76 valence electrons. The van der Waals surface area contributed by atoms with Crippen LogP contribution in [0.15, 0.2) is 23.1 Å². The second-order valence-electron chi connectivity index (χ2n) is 3.26. The zero-order valence-corrected chi connectivity index (χ0v) is 9.40. The Morgan fingerprint density at radius 1 is 1.47 bits per heavy atom. The lowest BCUT2D eigenvalue weighted by Gasteiger charge is -1.96. The van der Waals surface area contributed by atoms with Gasteiger partial charge in [0.2, 0.25) is 0 Å². The Labute approximate surface area is 94.7 Å². The number of aromatic nitrogens is 4. The van der Waals surface area contributed by atoms with Crippen LogP contribution >= 0.6 is 15.9 Å². The fourth-order valence-electron chi connectivity index (χ4n) is 1.65. The molecular formula is C9H8BrN5. The average Bonchev–Trinajstić information content (AvgIpc) is 2.83. The summed E-state index contributed by atoms with van der Waals surface area (Å²) < 4.78 is 2.92. The highest BCUT2D eigenvalue weighted by Gasteiger charge is 2.20. The third-order valence-corrected chi connectivity index (χ3v) is 3.09. The first-order chi connectivity index (χ1) is 7.36. The Morgan fingerprint density at radius 3 is 3.13 bits per heavy atom. The molecule has 0 radical (unpaired) electrons. The van der Waals surface area contributed by atoms with Crippen LogP contribution in [0.3, 0.4) is 0 Å². The summed E-state index contributed by atoms with van der Waals surface area (Å²) in [7, 11) is 0. The SMILES string of the molecule is Brc1c(-c2ccncn2)nn2c1NCC2. The van der Waals surface area contributed by atoms with Gasteiger partial charge in [0.05, 0.1) is 16.7 Å². The molecule has 0 saturated heterocycles. The van der Waals surface area contributed by atoms with Crippen LogP contribution in [-0.2, 0) is 6.54 Å². The summed E-state index contributed by atoms with van der Waals surface area (Å²) in [6.07, 6.45) is 3.24. The van der Waals surface area contributed by atoms with E-state index in [1.807, 2.05) is 10.7 Å². The molecule has 15 heavy (non-hydrogen) atoms. The van der Waals surface area contributed by atoms with Gasteiger partial charge in [-0.3, -0.25) is 0 Å². The van der Waals surface area contributed by atoms with Crippen LogP contribution in [0, 0.1) is 0 Å². The molecule has 6 heteroatoms. The van der Waals surface area contributed by atoms with Gasteiger partial charge in [0, 0.05) is 12.7 Å². The molecule has 0 bridgehead atoms. The molecule has 3 rings (SSSR count). The first-order valence-electron chi connectivity index (χ1n) is 4.63. The molecule has 0 unspecified atom stereocenters. The van der Waals surface area contributed by atoms with E-state index in [9.17, 15) is 0 Å². The molecule has 0 aliphatic carbocycles. The van der Waals surface area contributed by atoms with Crippen LogP contribution in [0.2, 0.25) is 0 Å². The van der Waals surface area contributed by atoms with E-state index in [1.165, 1.54) is 6.33 Å². The largest absolute Gasteiger partial charge is 0.367 e. The number of anilines is 1. The normalized spacial score (nSPS) is 13.7.